The van der Waals surface area contributed by atoms with Gasteiger partial charge in [-0.3, -0.25) is 4.79 Å². The van der Waals surface area contributed by atoms with E-state index in [1.165, 1.54) is 17.8 Å². The SMILES string of the molecule is C[C@@H](NS(=O)(=O)c1cn(C)c(C(=O)Nc2ccc(F)c(C#N)c2F)c1Cl)C(F)(F)F. The highest BCUT2D eigenvalue weighted by Crippen LogP contribution is 2.30. The first kappa shape index (κ1) is 23.6. The smallest absolute Gasteiger partial charge is 0.344 e. The van der Waals surface area contributed by atoms with Gasteiger partial charge < -0.3 is 9.88 Å². The maximum atomic E-state index is 14.1. The largest absolute Gasteiger partial charge is 0.404 e. The summed E-state index contributed by atoms with van der Waals surface area (Å²) in [6, 6.07) is 0.394. The van der Waals surface area contributed by atoms with Gasteiger partial charge in [0, 0.05) is 13.2 Å². The number of hydrogen-bond donors (Lipinski definition) is 2. The van der Waals surface area contributed by atoms with Crippen LogP contribution in [0.3, 0.4) is 0 Å². The van der Waals surface area contributed by atoms with Crippen LogP contribution in [0.15, 0.2) is 23.2 Å². The lowest BCUT2D eigenvalue weighted by molar-refractivity contribution is -0.147. The van der Waals surface area contributed by atoms with Crippen molar-refractivity contribution in [2.75, 3.05) is 5.32 Å². The van der Waals surface area contributed by atoms with E-state index >= 15 is 0 Å². The van der Waals surface area contributed by atoms with Crippen molar-refractivity contribution in [2.45, 2.75) is 24.0 Å². The van der Waals surface area contributed by atoms with Gasteiger partial charge in [-0.15, -0.1) is 0 Å². The second-order valence-corrected chi connectivity index (χ2v) is 8.06. The number of benzene rings is 1. The average molecular weight is 471 g/mol. The van der Waals surface area contributed by atoms with Crippen LogP contribution < -0.4 is 10.0 Å². The summed E-state index contributed by atoms with van der Waals surface area (Å²) in [6.45, 7) is 0.576. The van der Waals surface area contributed by atoms with Gasteiger partial charge >= 0.3 is 6.18 Å². The summed E-state index contributed by atoms with van der Waals surface area (Å²) in [5.74, 6) is -3.69. The monoisotopic (exact) mass is 470 g/mol. The van der Waals surface area contributed by atoms with Gasteiger partial charge in [0.25, 0.3) is 5.91 Å². The summed E-state index contributed by atoms with van der Waals surface area (Å²) in [4.78, 5) is 11.6. The second kappa shape index (κ2) is 8.21. The molecule has 1 aromatic carbocycles. The van der Waals surface area contributed by atoms with Crippen LogP contribution in [0.2, 0.25) is 5.02 Å². The van der Waals surface area contributed by atoms with Gasteiger partial charge in [-0.25, -0.2) is 17.2 Å². The van der Waals surface area contributed by atoms with Gasteiger partial charge in [-0.2, -0.15) is 23.2 Å². The average Bonchev–Trinajstić information content (AvgIpc) is 2.92. The highest BCUT2D eigenvalue weighted by atomic mass is 35.5. The molecule has 0 bridgehead atoms. The molecule has 0 saturated heterocycles. The third kappa shape index (κ3) is 4.55. The topological polar surface area (TPSA) is 104 Å². The molecule has 0 aliphatic heterocycles. The molecule has 7 nitrogen and oxygen atoms in total. The van der Waals surface area contributed by atoms with Crippen molar-refractivity contribution in [1.29, 1.82) is 5.26 Å². The number of carbonyl (C=O) groups is 1. The second-order valence-electron chi connectivity index (χ2n) is 6.00. The van der Waals surface area contributed by atoms with Crippen molar-refractivity contribution < 1.29 is 35.2 Å². The molecule has 0 spiro atoms. The van der Waals surface area contributed by atoms with Gasteiger partial charge in [0.15, 0.2) is 5.82 Å². The Kier molecular flexibility index (Phi) is 6.45. The van der Waals surface area contributed by atoms with Crippen LogP contribution in [0.25, 0.3) is 0 Å². The quantitative estimate of drug-likeness (QED) is 0.654. The number of alkyl halides is 3. The van der Waals surface area contributed by atoms with Gasteiger partial charge in [0.05, 0.1) is 10.7 Å². The minimum atomic E-state index is -4.87. The van der Waals surface area contributed by atoms with E-state index in [0.29, 0.717) is 6.92 Å². The molecule has 30 heavy (non-hydrogen) atoms. The predicted molar refractivity (Wildman–Crippen MR) is 95.3 cm³/mol. The Balaban J connectivity index is 2.41. The lowest BCUT2D eigenvalue weighted by atomic mass is 10.2. The summed E-state index contributed by atoms with van der Waals surface area (Å²) in [5, 5.41) is 10.0. The molecular weight excluding hydrogens is 459 g/mol. The minimum Gasteiger partial charge on any atom is -0.344 e. The molecule has 0 fully saturated rings. The first-order valence-electron chi connectivity index (χ1n) is 7.84. The van der Waals surface area contributed by atoms with E-state index in [1.54, 1.807) is 0 Å². The lowest BCUT2D eigenvalue weighted by Crippen LogP contribution is -2.42. The number of halogens is 6. The highest BCUT2D eigenvalue weighted by Gasteiger charge is 2.40. The Morgan fingerprint density at radius 2 is 1.90 bits per heavy atom. The molecule has 1 heterocycles. The lowest BCUT2D eigenvalue weighted by Gasteiger charge is -2.16. The number of rotatable bonds is 5. The van der Waals surface area contributed by atoms with Crippen molar-refractivity contribution in [1.82, 2.24) is 9.29 Å². The molecule has 0 unspecified atom stereocenters. The number of nitrogens with zero attached hydrogens (tertiary/aromatic N) is 2. The molecule has 0 radical (unpaired) electrons. The summed E-state index contributed by atoms with van der Waals surface area (Å²) in [6.07, 6.45) is -4.07. The predicted octanol–water partition coefficient (Wildman–Crippen LogP) is 3.31. The fraction of sp³-hybridized carbons (Fsp3) is 0.250. The van der Waals surface area contributed by atoms with Crippen molar-refractivity contribution in [2.24, 2.45) is 7.05 Å². The molecule has 162 valence electrons. The van der Waals surface area contributed by atoms with E-state index < -0.39 is 66.6 Å². The van der Waals surface area contributed by atoms with Gasteiger partial charge in [-0.1, -0.05) is 11.6 Å². The maximum absolute atomic E-state index is 14.1. The third-order valence-electron chi connectivity index (χ3n) is 3.87. The Labute approximate surface area is 172 Å². The molecular formula is C16H12ClF5N4O3S. The zero-order chi connectivity index (χ0) is 23.0. The fourth-order valence-corrected chi connectivity index (χ4v) is 4.24. The number of nitrogens with one attached hydrogen (secondary N) is 2. The van der Waals surface area contributed by atoms with Crippen LogP contribution in [0.4, 0.5) is 27.6 Å². The standard InChI is InChI=1S/C16H12ClF5N4O3S/c1-7(16(20,21)22)25-30(28,29)11-6-26(2)14(12(11)17)15(27)24-10-4-3-9(18)8(5-23)13(10)19/h3-4,6-7,25H,1-2H3,(H,24,27)/t7-/m1/s1. The van der Waals surface area contributed by atoms with E-state index in [-0.39, 0.29) is 0 Å². The summed E-state index contributed by atoms with van der Waals surface area (Å²) in [7, 11) is -3.60. The van der Waals surface area contributed by atoms with Crippen molar-refractivity contribution in [3.8, 4) is 6.07 Å². The zero-order valence-electron chi connectivity index (χ0n) is 15.1. The van der Waals surface area contributed by atoms with Gasteiger partial charge in [0.2, 0.25) is 10.0 Å². The number of nitriles is 1. The third-order valence-corrected chi connectivity index (χ3v) is 5.91. The van der Waals surface area contributed by atoms with E-state index in [0.717, 1.165) is 22.9 Å². The summed E-state index contributed by atoms with van der Waals surface area (Å²) in [5.41, 5.74) is -2.08. The number of aromatic nitrogens is 1. The molecule has 2 N–H and O–H groups in total. The van der Waals surface area contributed by atoms with E-state index in [4.69, 9.17) is 16.9 Å². The van der Waals surface area contributed by atoms with Crippen LogP contribution in [0.1, 0.15) is 23.0 Å². The van der Waals surface area contributed by atoms with Crippen LogP contribution >= 0.6 is 11.6 Å². The summed E-state index contributed by atoms with van der Waals surface area (Å²) >= 11 is 5.91. The number of carbonyl (C=O) groups excluding carboxylic acids is 1. The Bertz CT molecular complexity index is 1160. The van der Waals surface area contributed by atoms with Gasteiger partial charge in [-0.05, 0) is 19.1 Å². The molecule has 0 saturated carbocycles. The van der Waals surface area contributed by atoms with Crippen molar-refractivity contribution in [3.63, 3.8) is 0 Å². The van der Waals surface area contributed by atoms with Crippen molar-refractivity contribution in [3.05, 3.63) is 46.2 Å². The van der Waals surface area contributed by atoms with E-state index in [2.05, 4.69) is 0 Å². The number of aryl methyl sites for hydroxylation is 1. The van der Waals surface area contributed by atoms with Crippen molar-refractivity contribution >= 4 is 33.2 Å². The zero-order valence-corrected chi connectivity index (χ0v) is 16.7. The minimum absolute atomic E-state index is 0.529. The Morgan fingerprint density at radius 1 is 1.30 bits per heavy atom. The molecule has 2 aromatic rings. The summed E-state index contributed by atoms with van der Waals surface area (Å²) < 4.78 is 92.3. The molecule has 1 aromatic heterocycles. The van der Waals surface area contributed by atoms with Crippen LogP contribution in [-0.4, -0.2) is 31.1 Å². The van der Waals surface area contributed by atoms with Gasteiger partial charge in [0.1, 0.15) is 34.1 Å². The highest BCUT2D eigenvalue weighted by molar-refractivity contribution is 7.89. The first-order valence-corrected chi connectivity index (χ1v) is 9.70. The number of anilines is 1. The maximum Gasteiger partial charge on any atom is 0.404 e. The van der Waals surface area contributed by atoms with Crippen LogP contribution in [0, 0.1) is 23.0 Å². The van der Waals surface area contributed by atoms with Crippen LogP contribution in [0.5, 0.6) is 0 Å². The first-order chi connectivity index (χ1) is 13.7. The molecule has 14 heteroatoms. The molecule has 0 aliphatic carbocycles. The number of amides is 1. The normalized spacial score (nSPS) is 13.0. The number of sulfonamides is 1. The fourth-order valence-electron chi connectivity index (χ4n) is 2.31. The number of hydrogen-bond acceptors (Lipinski definition) is 4. The molecule has 1 amide bonds. The molecule has 2 rings (SSSR count). The van der Waals surface area contributed by atoms with E-state index in [9.17, 15) is 35.2 Å². The van der Waals surface area contributed by atoms with Crippen LogP contribution in [-0.2, 0) is 17.1 Å². The van der Waals surface area contributed by atoms with E-state index in [1.807, 2.05) is 5.32 Å². The molecule has 1 atom stereocenters. The molecule has 0 aliphatic rings. The Morgan fingerprint density at radius 3 is 2.43 bits per heavy atom. The Hall–Kier alpha value is -2.69.